The molecule has 2 aliphatic heterocycles. The van der Waals surface area contributed by atoms with Crippen LogP contribution in [0.25, 0.3) is 5.57 Å². The van der Waals surface area contributed by atoms with Crippen LogP contribution in [0.4, 0.5) is 10.2 Å². The molecular weight excluding hydrogens is 706 g/mol. The lowest BCUT2D eigenvalue weighted by molar-refractivity contribution is -0.151. The van der Waals surface area contributed by atoms with Gasteiger partial charge in [-0.2, -0.15) is 0 Å². The number of aromatic nitrogens is 2. The number of benzene rings is 1. The van der Waals surface area contributed by atoms with E-state index < -0.39 is 27.1 Å². The van der Waals surface area contributed by atoms with E-state index in [4.69, 9.17) is 32.9 Å². The molecular formula is C39H45Cl2FN6O4. The summed E-state index contributed by atoms with van der Waals surface area (Å²) in [7, 11) is 1.53. The van der Waals surface area contributed by atoms with Crippen molar-refractivity contribution in [2.75, 3.05) is 32.1 Å². The Bertz CT molecular complexity index is 1850. The summed E-state index contributed by atoms with van der Waals surface area (Å²) in [6.07, 6.45) is 9.69. The highest BCUT2D eigenvalue weighted by Gasteiger charge is 2.55. The lowest BCUT2D eigenvalue weighted by atomic mass is 9.74. The standard InChI is InChI=1S/C39H45Cl2FN6O4/c1-37(2,36(50)51)28-16-20-48(21-17-28)24-27-15-19-44-34(33(27)42)47-38(18-7-10-30(39(38,40)41)25-8-5-4-6-9-25)31-13-11-26(35(46-31)52-3)22-43-23-29-12-14-32(49)45-29/h4-11,13,15,18-19,28-29,43H,12,14,16-17,20-24H2,1-3H3,(H,44,47)(H,45,49)(H,50,51). The van der Waals surface area contributed by atoms with Crippen LogP contribution in [0, 0.1) is 17.2 Å². The first-order chi connectivity index (χ1) is 24.9. The number of alkyl halides is 2. The summed E-state index contributed by atoms with van der Waals surface area (Å²) in [6, 6.07) is 14.9. The third-order valence-corrected chi connectivity index (χ3v) is 11.7. The van der Waals surface area contributed by atoms with Crippen molar-refractivity contribution in [2.24, 2.45) is 11.3 Å². The van der Waals surface area contributed by atoms with Crippen LogP contribution in [0.15, 0.2) is 73.0 Å². The number of likely N-dealkylation sites (tertiary alicyclic amines) is 1. The number of methoxy groups -OCH3 is 1. The molecule has 4 N–H and O–H groups in total. The molecule has 3 aliphatic rings. The number of nitrogens with one attached hydrogen (secondary N) is 3. The van der Waals surface area contributed by atoms with Crippen molar-refractivity contribution in [1.29, 1.82) is 0 Å². The number of carboxylic acid groups (broad SMARTS) is 1. The molecule has 6 rings (SSSR count). The maximum absolute atomic E-state index is 16.6. The number of piperidine rings is 1. The first-order valence-electron chi connectivity index (χ1n) is 17.6. The number of ether oxygens (including phenoxy) is 1. The summed E-state index contributed by atoms with van der Waals surface area (Å²) in [5, 5.41) is 19.4. The number of rotatable bonds is 13. The minimum absolute atomic E-state index is 0.0350. The fourth-order valence-corrected chi connectivity index (χ4v) is 8.11. The lowest BCUT2D eigenvalue weighted by Crippen LogP contribution is -2.51. The van der Waals surface area contributed by atoms with Gasteiger partial charge in [0.1, 0.15) is 5.54 Å². The number of carbonyl (C=O) groups excluding carboxylic acids is 1. The van der Waals surface area contributed by atoms with Gasteiger partial charge < -0.3 is 25.8 Å². The second-order valence-corrected chi connectivity index (χ2v) is 15.6. The van der Waals surface area contributed by atoms with E-state index >= 15 is 4.39 Å². The molecule has 0 bridgehead atoms. The van der Waals surface area contributed by atoms with Crippen molar-refractivity contribution in [3.05, 3.63) is 101 Å². The number of halogens is 3. The maximum atomic E-state index is 16.6. The third kappa shape index (κ3) is 7.55. The number of nitrogens with zero attached hydrogens (tertiary/aromatic N) is 3. The van der Waals surface area contributed by atoms with Gasteiger partial charge in [-0.3, -0.25) is 14.5 Å². The molecule has 2 fully saturated rings. The summed E-state index contributed by atoms with van der Waals surface area (Å²) in [5.74, 6) is -0.966. The fourth-order valence-electron chi connectivity index (χ4n) is 7.36. The Kier molecular flexibility index (Phi) is 11.3. The van der Waals surface area contributed by atoms with Crippen LogP contribution in [0.5, 0.6) is 5.88 Å². The molecule has 10 nitrogen and oxygen atoms in total. The van der Waals surface area contributed by atoms with Crippen molar-refractivity contribution in [3.63, 3.8) is 0 Å². The molecule has 1 aliphatic carbocycles. The minimum atomic E-state index is -1.72. The monoisotopic (exact) mass is 750 g/mol. The molecule has 3 aromatic rings. The molecule has 2 aromatic heterocycles. The Morgan fingerprint density at radius 3 is 2.54 bits per heavy atom. The Balaban J connectivity index is 1.30. The number of amides is 1. The van der Waals surface area contributed by atoms with Gasteiger partial charge in [-0.05, 0) is 81.5 Å². The molecule has 1 aromatic carbocycles. The molecule has 2 atom stereocenters. The zero-order chi connectivity index (χ0) is 37.1. The van der Waals surface area contributed by atoms with Crippen LogP contribution >= 0.6 is 23.2 Å². The predicted octanol–water partition coefficient (Wildman–Crippen LogP) is 6.45. The highest BCUT2D eigenvalue weighted by Crippen LogP contribution is 2.54. The van der Waals surface area contributed by atoms with Crippen molar-refractivity contribution in [3.8, 4) is 5.88 Å². The van der Waals surface area contributed by atoms with E-state index in [1.807, 2.05) is 48.6 Å². The van der Waals surface area contributed by atoms with Gasteiger partial charge in [-0.1, -0.05) is 71.8 Å². The lowest BCUT2D eigenvalue weighted by Gasteiger charge is -2.45. The van der Waals surface area contributed by atoms with Crippen LogP contribution < -0.4 is 20.7 Å². The van der Waals surface area contributed by atoms with Gasteiger partial charge in [0.25, 0.3) is 0 Å². The van der Waals surface area contributed by atoms with Crippen molar-refractivity contribution in [2.45, 2.75) is 68.5 Å². The van der Waals surface area contributed by atoms with Gasteiger partial charge in [0, 0.05) is 49.4 Å². The third-order valence-electron chi connectivity index (χ3n) is 10.7. The zero-order valence-electron chi connectivity index (χ0n) is 29.6. The van der Waals surface area contributed by atoms with E-state index in [1.165, 1.54) is 7.11 Å². The number of anilines is 1. The summed E-state index contributed by atoms with van der Waals surface area (Å²) in [6.45, 7) is 6.20. The Morgan fingerprint density at radius 2 is 1.87 bits per heavy atom. The Hall–Kier alpha value is -4.03. The largest absolute Gasteiger partial charge is 0.481 e. The van der Waals surface area contributed by atoms with E-state index in [9.17, 15) is 14.7 Å². The Morgan fingerprint density at radius 1 is 1.12 bits per heavy atom. The van der Waals surface area contributed by atoms with E-state index in [1.54, 1.807) is 38.3 Å². The van der Waals surface area contributed by atoms with E-state index in [0.29, 0.717) is 74.7 Å². The molecule has 0 saturated carbocycles. The maximum Gasteiger partial charge on any atom is 0.309 e. The molecule has 13 heteroatoms. The van der Waals surface area contributed by atoms with Gasteiger partial charge >= 0.3 is 5.97 Å². The van der Waals surface area contributed by atoms with Crippen LogP contribution in [0.3, 0.4) is 0 Å². The normalized spacial score (nSPS) is 22.2. The minimum Gasteiger partial charge on any atom is -0.481 e. The number of carboxylic acids is 1. The van der Waals surface area contributed by atoms with Gasteiger partial charge in [-0.15, -0.1) is 0 Å². The van der Waals surface area contributed by atoms with E-state index in [0.717, 1.165) is 17.5 Å². The van der Waals surface area contributed by atoms with E-state index in [2.05, 4.69) is 25.8 Å². The summed E-state index contributed by atoms with van der Waals surface area (Å²) in [5.41, 5.74) is 0.621. The van der Waals surface area contributed by atoms with Crippen molar-refractivity contribution in [1.82, 2.24) is 25.5 Å². The molecule has 0 radical (unpaired) electrons. The van der Waals surface area contributed by atoms with Gasteiger partial charge in [-0.25, -0.2) is 14.4 Å². The first-order valence-corrected chi connectivity index (χ1v) is 18.4. The highest BCUT2D eigenvalue weighted by molar-refractivity contribution is 6.55. The second kappa shape index (κ2) is 15.5. The molecule has 2 unspecified atom stereocenters. The SMILES string of the molecule is COc1nc(C2(Nc3nccc(CN4CCC(C(C)(C)C(=O)O)CC4)c3F)C=CC=C(c3ccccc3)C2(Cl)Cl)ccc1CNCC1CCC(=O)N1. The number of allylic oxidation sites excluding steroid dienone is 2. The number of pyridine rings is 2. The topological polar surface area (TPSA) is 129 Å². The number of carbonyl (C=O) groups is 2. The average molecular weight is 752 g/mol. The fraction of sp³-hybridized carbons (Fsp3) is 0.436. The second-order valence-electron chi connectivity index (χ2n) is 14.3. The average Bonchev–Trinajstić information content (AvgIpc) is 3.55. The van der Waals surface area contributed by atoms with Crippen molar-refractivity contribution < 1.29 is 23.8 Å². The molecule has 1 amide bonds. The Labute approximate surface area is 313 Å². The molecule has 276 valence electrons. The molecule has 52 heavy (non-hydrogen) atoms. The molecule has 0 spiro atoms. The van der Waals surface area contributed by atoms with Crippen molar-refractivity contribution >= 4 is 46.5 Å². The quantitative estimate of drug-likeness (QED) is 0.146. The molecule has 4 heterocycles. The summed E-state index contributed by atoms with van der Waals surface area (Å²) in [4.78, 5) is 34.9. The smallest absolute Gasteiger partial charge is 0.309 e. The zero-order valence-corrected chi connectivity index (χ0v) is 31.1. The number of hydrogen-bond donors (Lipinski definition) is 4. The predicted molar refractivity (Wildman–Crippen MR) is 201 cm³/mol. The van der Waals surface area contributed by atoms with Crippen LogP contribution in [-0.2, 0) is 28.2 Å². The highest BCUT2D eigenvalue weighted by atomic mass is 35.5. The summed E-state index contributed by atoms with van der Waals surface area (Å²) >= 11 is 14.9. The number of aliphatic carboxylic acids is 1. The summed E-state index contributed by atoms with van der Waals surface area (Å²) < 4.78 is 20.6. The van der Waals surface area contributed by atoms with Gasteiger partial charge in [0.2, 0.25) is 11.8 Å². The molecule has 2 saturated heterocycles. The van der Waals surface area contributed by atoms with E-state index in [-0.39, 0.29) is 23.7 Å². The van der Waals surface area contributed by atoms with Gasteiger partial charge in [0.05, 0.1) is 18.2 Å². The van der Waals surface area contributed by atoms with Gasteiger partial charge in [0.15, 0.2) is 16.0 Å². The first kappa shape index (κ1) is 37.7. The number of hydrogen-bond acceptors (Lipinski definition) is 8. The van der Waals surface area contributed by atoms with Crippen LogP contribution in [-0.4, -0.2) is 69.0 Å². The van der Waals surface area contributed by atoms with Crippen LogP contribution in [0.2, 0.25) is 0 Å². The van der Waals surface area contributed by atoms with Crippen LogP contribution in [0.1, 0.15) is 61.9 Å².